The summed E-state index contributed by atoms with van der Waals surface area (Å²) in [6.07, 6.45) is 5.31. The van der Waals surface area contributed by atoms with E-state index in [9.17, 15) is 9.59 Å². The molecule has 1 fully saturated rings. The molecule has 2 amide bonds. The molecule has 0 unspecified atom stereocenters. The van der Waals surface area contributed by atoms with E-state index in [0.717, 1.165) is 18.4 Å². The fourth-order valence-electron chi connectivity index (χ4n) is 3.69. The minimum Gasteiger partial charge on any atom is -0.339 e. The number of benzene rings is 1. The topological polar surface area (TPSA) is 40.6 Å². The summed E-state index contributed by atoms with van der Waals surface area (Å²) in [5.74, 6) is 0.706. The van der Waals surface area contributed by atoms with Gasteiger partial charge >= 0.3 is 0 Å². The van der Waals surface area contributed by atoms with E-state index < -0.39 is 0 Å². The Morgan fingerprint density at radius 3 is 2.25 bits per heavy atom. The average Bonchev–Trinajstić information content (AvgIpc) is 2.60. The largest absolute Gasteiger partial charge is 0.339 e. The van der Waals surface area contributed by atoms with Crippen LogP contribution < -0.4 is 0 Å². The van der Waals surface area contributed by atoms with Gasteiger partial charge in [0.1, 0.15) is 0 Å². The number of amides is 2. The third kappa shape index (κ3) is 3.80. The van der Waals surface area contributed by atoms with Gasteiger partial charge in [-0.25, -0.2) is 0 Å². The van der Waals surface area contributed by atoms with Crippen molar-refractivity contribution >= 4 is 11.8 Å². The van der Waals surface area contributed by atoms with Crippen molar-refractivity contribution in [2.24, 2.45) is 5.92 Å². The van der Waals surface area contributed by atoms with Crippen LogP contribution in [0.1, 0.15) is 54.6 Å². The van der Waals surface area contributed by atoms with E-state index in [2.05, 4.69) is 26.0 Å². The summed E-state index contributed by atoms with van der Waals surface area (Å²) < 4.78 is 0. The van der Waals surface area contributed by atoms with Gasteiger partial charge in [0, 0.05) is 38.2 Å². The summed E-state index contributed by atoms with van der Waals surface area (Å²) >= 11 is 0. The fourth-order valence-corrected chi connectivity index (χ4v) is 3.69. The number of carbonyl (C=O) groups excluding carboxylic acids is 2. The molecule has 1 aromatic carbocycles. The Labute approximate surface area is 144 Å². The Bertz CT molecular complexity index is 616. The van der Waals surface area contributed by atoms with E-state index >= 15 is 0 Å². The molecule has 3 rings (SSSR count). The molecule has 0 radical (unpaired) electrons. The van der Waals surface area contributed by atoms with Crippen molar-refractivity contribution < 1.29 is 9.59 Å². The van der Waals surface area contributed by atoms with E-state index in [4.69, 9.17) is 0 Å². The zero-order valence-electron chi connectivity index (χ0n) is 14.9. The van der Waals surface area contributed by atoms with E-state index in [0.29, 0.717) is 38.5 Å². The molecule has 0 N–H and O–H groups in total. The number of piperazine rings is 1. The van der Waals surface area contributed by atoms with Crippen LogP contribution in [0.4, 0.5) is 0 Å². The first kappa shape index (κ1) is 17.0. The van der Waals surface area contributed by atoms with Gasteiger partial charge in [0.15, 0.2) is 0 Å². The molecule has 1 aliphatic heterocycles. The molecule has 2 aliphatic rings. The molecule has 0 spiro atoms. The van der Waals surface area contributed by atoms with Crippen LogP contribution in [-0.2, 0) is 17.6 Å². The van der Waals surface area contributed by atoms with Crippen LogP contribution in [0, 0.1) is 5.92 Å². The van der Waals surface area contributed by atoms with Crippen LogP contribution in [0.2, 0.25) is 0 Å². The Morgan fingerprint density at radius 1 is 0.958 bits per heavy atom. The molecule has 0 atom stereocenters. The van der Waals surface area contributed by atoms with Gasteiger partial charge in [-0.1, -0.05) is 19.9 Å². The average molecular weight is 328 g/mol. The Balaban J connectivity index is 1.60. The smallest absolute Gasteiger partial charge is 0.253 e. The highest BCUT2D eigenvalue weighted by Crippen LogP contribution is 2.23. The van der Waals surface area contributed by atoms with Crippen LogP contribution >= 0.6 is 0 Å². The maximum absolute atomic E-state index is 12.8. The maximum atomic E-state index is 12.8. The number of aryl methyl sites for hydroxylation is 2. The normalized spacial score (nSPS) is 17.8. The van der Waals surface area contributed by atoms with Crippen molar-refractivity contribution in [3.05, 3.63) is 34.9 Å². The van der Waals surface area contributed by atoms with Crippen LogP contribution in [-0.4, -0.2) is 47.8 Å². The molecule has 24 heavy (non-hydrogen) atoms. The second-order valence-electron chi connectivity index (χ2n) is 7.46. The summed E-state index contributed by atoms with van der Waals surface area (Å²) in [7, 11) is 0. The molecule has 0 saturated carbocycles. The number of rotatable bonds is 3. The molecular formula is C20H28N2O2. The van der Waals surface area contributed by atoms with Gasteiger partial charge in [-0.3, -0.25) is 9.59 Å². The molecule has 0 bridgehead atoms. The summed E-state index contributed by atoms with van der Waals surface area (Å²) in [5, 5.41) is 0. The van der Waals surface area contributed by atoms with E-state index in [1.807, 2.05) is 15.9 Å². The lowest BCUT2D eigenvalue weighted by atomic mass is 9.90. The number of fused-ring (bicyclic) bond motifs is 1. The predicted molar refractivity (Wildman–Crippen MR) is 95.0 cm³/mol. The van der Waals surface area contributed by atoms with Gasteiger partial charge in [-0.2, -0.15) is 0 Å². The van der Waals surface area contributed by atoms with E-state index in [1.165, 1.54) is 24.0 Å². The third-order valence-electron chi connectivity index (χ3n) is 5.10. The van der Waals surface area contributed by atoms with Crippen molar-refractivity contribution in [1.29, 1.82) is 0 Å². The molecular weight excluding hydrogens is 300 g/mol. The van der Waals surface area contributed by atoms with Crippen LogP contribution in [0.25, 0.3) is 0 Å². The first-order valence-electron chi connectivity index (χ1n) is 9.23. The van der Waals surface area contributed by atoms with Gasteiger partial charge in [0.2, 0.25) is 5.91 Å². The van der Waals surface area contributed by atoms with Crippen molar-refractivity contribution in [3.8, 4) is 0 Å². The highest BCUT2D eigenvalue weighted by Gasteiger charge is 2.25. The zero-order chi connectivity index (χ0) is 17.1. The Kier molecular flexibility index (Phi) is 5.22. The first-order valence-corrected chi connectivity index (χ1v) is 9.23. The fraction of sp³-hybridized carbons (Fsp3) is 0.600. The van der Waals surface area contributed by atoms with Crippen molar-refractivity contribution in [2.45, 2.75) is 46.0 Å². The second-order valence-corrected chi connectivity index (χ2v) is 7.46. The first-order chi connectivity index (χ1) is 11.5. The Hall–Kier alpha value is -1.84. The number of hydrogen-bond acceptors (Lipinski definition) is 2. The molecule has 1 saturated heterocycles. The van der Waals surface area contributed by atoms with Crippen LogP contribution in [0.3, 0.4) is 0 Å². The van der Waals surface area contributed by atoms with Crippen molar-refractivity contribution in [2.75, 3.05) is 26.2 Å². The summed E-state index contributed by atoms with van der Waals surface area (Å²) in [4.78, 5) is 28.7. The second kappa shape index (κ2) is 7.37. The Morgan fingerprint density at radius 2 is 1.58 bits per heavy atom. The minimum absolute atomic E-state index is 0.110. The molecule has 4 nitrogen and oxygen atoms in total. The molecule has 1 aromatic rings. The summed E-state index contributed by atoms with van der Waals surface area (Å²) in [5.41, 5.74) is 3.55. The van der Waals surface area contributed by atoms with Gasteiger partial charge in [0.25, 0.3) is 5.91 Å². The third-order valence-corrected chi connectivity index (χ3v) is 5.10. The summed E-state index contributed by atoms with van der Waals surface area (Å²) in [6.45, 7) is 6.71. The minimum atomic E-state index is 0.110. The lowest BCUT2D eigenvalue weighted by Crippen LogP contribution is -2.50. The maximum Gasteiger partial charge on any atom is 0.253 e. The van der Waals surface area contributed by atoms with Gasteiger partial charge in [0.05, 0.1) is 0 Å². The monoisotopic (exact) mass is 328 g/mol. The van der Waals surface area contributed by atoms with Crippen molar-refractivity contribution in [3.63, 3.8) is 0 Å². The molecule has 1 heterocycles. The van der Waals surface area contributed by atoms with Crippen LogP contribution in [0.15, 0.2) is 18.2 Å². The number of hydrogen-bond donors (Lipinski definition) is 0. The summed E-state index contributed by atoms with van der Waals surface area (Å²) in [6, 6.07) is 6.19. The zero-order valence-corrected chi connectivity index (χ0v) is 14.9. The SMILES string of the molecule is CC(C)CC(=O)N1CCN(C(=O)c2ccc3c(c2)CCCC3)CC1. The predicted octanol–water partition coefficient (Wildman–Crippen LogP) is 2.90. The quantitative estimate of drug-likeness (QED) is 0.856. The van der Waals surface area contributed by atoms with Gasteiger partial charge in [-0.05, 0) is 54.9 Å². The van der Waals surface area contributed by atoms with Crippen molar-refractivity contribution in [1.82, 2.24) is 9.80 Å². The molecule has 4 heteroatoms. The lowest BCUT2D eigenvalue weighted by Gasteiger charge is -2.35. The van der Waals surface area contributed by atoms with Crippen LogP contribution in [0.5, 0.6) is 0 Å². The number of carbonyl (C=O) groups is 2. The highest BCUT2D eigenvalue weighted by molar-refractivity contribution is 5.94. The molecule has 1 aliphatic carbocycles. The number of nitrogens with zero attached hydrogens (tertiary/aromatic N) is 2. The molecule has 0 aromatic heterocycles. The van der Waals surface area contributed by atoms with E-state index in [1.54, 1.807) is 0 Å². The van der Waals surface area contributed by atoms with Gasteiger partial charge < -0.3 is 9.80 Å². The lowest BCUT2D eigenvalue weighted by molar-refractivity contribution is -0.133. The van der Waals surface area contributed by atoms with E-state index in [-0.39, 0.29) is 11.8 Å². The highest BCUT2D eigenvalue weighted by atomic mass is 16.2. The van der Waals surface area contributed by atoms with Gasteiger partial charge in [-0.15, -0.1) is 0 Å². The standard InChI is InChI=1S/C20H28N2O2/c1-15(2)13-19(23)21-9-11-22(12-10-21)20(24)18-8-7-16-5-3-4-6-17(16)14-18/h7-8,14-15H,3-6,9-13H2,1-2H3. The molecule has 130 valence electrons.